The van der Waals surface area contributed by atoms with Crippen molar-refractivity contribution in [1.29, 1.82) is 0 Å². The normalized spacial score (nSPS) is 12.6. The van der Waals surface area contributed by atoms with Crippen LogP contribution in [0.4, 0.5) is 0 Å². The molecule has 0 N–H and O–H groups in total. The molecule has 0 rings (SSSR count). The maximum Gasteiger partial charge on any atom is 0.0686 e. The van der Waals surface area contributed by atoms with Crippen LogP contribution in [0, 0.1) is 12.3 Å². The predicted molar refractivity (Wildman–Crippen MR) is 73.6 cm³/mol. The number of terminal acetylenes is 1. The fourth-order valence-electron chi connectivity index (χ4n) is 1.73. The molecule has 0 heterocycles. The Morgan fingerprint density at radius 1 is 1.20 bits per heavy atom. The largest absolute Gasteiger partial charge is 0.120 e. The summed E-state index contributed by atoms with van der Waals surface area (Å²) in [5, 5.41) is 0. The molecule has 0 aromatic heterocycles. The fourth-order valence-corrected chi connectivity index (χ4v) is 3.21. The Labute approximate surface area is 97.2 Å². The van der Waals surface area contributed by atoms with E-state index in [9.17, 15) is 0 Å². The van der Waals surface area contributed by atoms with E-state index >= 15 is 0 Å². The highest BCUT2D eigenvalue weighted by molar-refractivity contribution is 6.81. The topological polar surface area (TPSA) is 0 Å². The molecular weight excluding hydrogens is 196 g/mol. The second kappa shape index (κ2) is 7.76. The Morgan fingerprint density at radius 2 is 1.87 bits per heavy atom. The van der Waals surface area contributed by atoms with E-state index in [-0.39, 0.29) is 0 Å². The molecule has 1 heteroatoms. The Hall–Kier alpha value is -0.483. The monoisotopic (exact) mass is 222 g/mol. The zero-order valence-corrected chi connectivity index (χ0v) is 11.9. The maximum atomic E-state index is 5.40. The van der Waals surface area contributed by atoms with Crippen LogP contribution in [-0.4, -0.2) is 8.07 Å². The molecule has 0 spiro atoms. The second-order valence-electron chi connectivity index (χ2n) is 5.36. The highest BCUT2D eigenvalue weighted by atomic mass is 28.3. The average Bonchev–Trinajstić information content (AvgIpc) is 2.10. The highest BCUT2D eigenvalue weighted by Crippen LogP contribution is 2.16. The van der Waals surface area contributed by atoms with Gasteiger partial charge in [0, 0.05) is 6.42 Å². The van der Waals surface area contributed by atoms with Crippen molar-refractivity contribution in [1.82, 2.24) is 0 Å². The molecule has 86 valence electrons. The summed E-state index contributed by atoms with van der Waals surface area (Å²) in [5.41, 5.74) is 3.99. The first-order chi connectivity index (χ1) is 6.99. The third-order valence-electron chi connectivity index (χ3n) is 2.32. The van der Waals surface area contributed by atoms with Crippen LogP contribution in [0.25, 0.3) is 0 Å². The molecule has 0 aromatic rings. The Bertz CT molecular complexity index is 225. The SMILES string of the molecule is C#CCC(=C[Si](C)(C)C)CCCCCC. The van der Waals surface area contributed by atoms with Crippen LogP contribution in [-0.2, 0) is 0 Å². The van der Waals surface area contributed by atoms with E-state index in [0.717, 1.165) is 6.42 Å². The summed E-state index contributed by atoms with van der Waals surface area (Å²) in [4.78, 5) is 0. The molecule has 15 heavy (non-hydrogen) atoms. The number of hydrogen-bond donors (Lipinski definition) is 0. The van der Waals surface area contributed by atoms with E-state index in [2.05, 4.69) is 38.2 Å². The molecule has 0 aliphatic heterocycles. The molecule has 0 aliphatic rings. The van der Waals surface area contributed by atoms with E-state index in [1.165, 1.54) is 37.7 Å². The molecule has 0 bridgehead atoms. The zero-order chi connectivity index (χ0) is 11.7. The van der Waals surface area contributed by atoms with Gasteiger partial charge in [0.15, 0.2) is 0 Å². The number of hydrogen-bond acceptors (Lipinski definition) is 0. The quantitative estimate of drug-likeness (QED) is 0.330. The lowest BCUT2D eigenvalue weighted by atomic mass is 10.1. The molecule has 0 nitrogen and oxygen atoms in total. The lowest BCUT2D eigenvalue weighted by Gasteiger charge is -2.13. The van der Waals surface area contributed by atoms with E-state index in [0.29, 0.717) is 0 Å². The van der Waals surface area contributed by atoms with Gasteiger partial charge in [0.25, 0.3) is 0 Å². The standard InChI is InChI=1S/C14H26Si/c1-6-8-9-10-12-14(11-7-2)13-15(3,4)5/h2,13H,6,8-12H2,1,3-5H3. The van der Waals surface area contributed by atoms with Crippen LogP contribution in [0.2, 0.25) is 19.6 Å². The Balaban J connectivity index is 4.06. The van der Waals surface area contributed by atoms with Gasteiger partial charge in [0.1, 0.15) is 0 Å². The minimum atomic E-state index is -1.08. The van der Waals surface area contributed by atoms with Crippen molar-refractivity contribution in [3.05, 3.63) is 11.3 Å². The van der Waals surface area contributed by atoms with Gasteiger partial charge >= 0.3 is 0 Å². The van der Waals surface area contributed by atoms with Gasteiger partial charge in [-0.1, -0.05) is 57.1 Å². The first kappa shape index (κ1) is 14.5. The third-order valence-corrected chi connectivity index (χ3v) is 3.59. The number of allylic oxidation sites excluding steroid dienone is 1. The molecular formula is C14H26Si. The van der Waals surface area contributed by atoms with E-state index in [4.69, 9.17) is 6.42 Å². The minimum Gasteiger partial charge on any atom is -0.120 e. The summed E-state index contributed by atoms with van der Waals surface area (Å²) in [7, 11) is -1.08. The minimum absolute atomic E-state index is 0.858. The van der Waals surface area contributed by atoms with Gasteiger partial charge in [-0.15, -0.1) is 12.3 Å². The molecule has 0 unspecified atom stereocenters. The summed E-state index contributed by atoms with van der Waals surface area (Å²) in [6.07, 6.45) is 12.8. The molecule has 0 radical (unpaired) electrons. The van der Waals surface area contributed by atoms with Crippen LogP contribution in [0.5, 0.6) is 0 Å². The first-order valence-corrected chi connectivity index (χ1v) is 9.71. The van der Waals surface area contributed by atoms with Crippen LogP contribution < -0.4 is 0 Å². The van der Waals surface area contributed by atoms with Crippen molar-refractivity contribution < 1.29 is 0 Å². The average molecular weight is 222 g/mol. The van der Waals surface area contributed by atoms with Crippen molar-refractivity contribution in [2.45, 2.75) is 65.1 Å². The van der Waals surface area contributed by atoms with Crippen LogP contribution in [0.15, 0.2) is 11.3 Å². The Morgan fingerprint density at radius 3 is 2.33 bits per heavy atom. The molecule has 0 saturated heterocycles. The van der Waals surface area contributed by atoms with Gasteiger partial charge in [0.05, 0.1) is 8.07 Å². The molecule has 0 aromatic carbocycles. The molecule has 0 amide bonds. The highest BCUT2D eigenvalue weighted by Gasteiger charge is 2.10. The first-order valence-electron chi connectivity index (χ1n) is 6.13. The van der Waals surface area contributed by atoms with Gasteiger partial charge in [-0.25, -0.2) is 0 Å². The van der Waals surface area contributed by atoms with Gasteiger partial charge in [-0.3, -0.25) is 0 Å². The zero-order valence-electron chi connectivity index (χ0n) is 10.9. The number of rotatable bonds is 7. The second-order valence-corrected chi connectivity index (χ2v) is 10.4. The fraction of sp³-hybridized carbons (Fsp3) is 0.714. The van der Waals surface area contributed by atoms with Crippen LogP contribution in [0.3, 0.4) is 0 Å². The summed E-state index contributed by atoms with van der Waals surface area (Å²) in [6.45, 7) is 9.36. The smallest absolute Gasteiger partial charge is 0.0686 e. The van der Waals surface area contributed by atoms with Crippen molar-refractivity contribution in [2.75, 3.05) is 0 Å². The van der Waals surface area contributed by atoms with Crippen molar-refractivity contribution in [3.8, 4) is 12.3 Å². The van der Waals surface area contributed by atoms with Gasteiger partial charge in [-0.05, 0) is 12.8 Å². The van der Waals surface area contributed by atoms with E-state index in [1.54, 1.807) is 0 Å². The Kier molecular flexibility index (Phi) is 7.51. The number of unbranched alkanes of at least 4 members (excludes halogenated alkanes) is 3. The summed E-state index contributed by atoms with van der Waals surface area (Å²) in [6, 6.07) is 0. The molecule has 0 atom stereocenters. The summed E-state index contributed by atoms with van der Waals surface area (Å²) >= 11 is 0. The van der Waals surface area contributed by atoms with Crippen molar-refractivity contribution in [2.24, 2.45) is 0 Å². The predicted octanol–water partition coefficient (Wildman–Crippen LogP) is 4.78. The van der Waals surface area contributed by atoms with Crippen LogP contribution in [0.1, 0.15) is 45.4 Å². The van der Waals surface area contributed by atoms with Crippen LogP contribution >= 0.6 is 0 Å². The lowest BCUT2D eigenvalue weighted by Crippen LogP contribution is -2.16. The third kappa shape index (κ3) is 9.81. The van der Waals surface area contributed by atoms with E-state index in [1.807, 2.05) is 0 Å². The summed E-state index contributed by atoms with van der Waals surface area (Å²) in [5.74, 6) is 2.79. The summed E-state index contributed by atoms with van der Waals surface area (Å²) < 4.78 is 0. The molecule has 0 aliphatic carbocycles. The lowest BCUT2D eigenvalue weighted by molar-refractivity contribution is 0.661. The van der Waals surface area contributed by atoms with Crippen molar-refractivity contribution in [3.63, 3.8) is 0 Å². The molecule has 0 saturated carbocycles. The van der Waals surface area contributed by atoms with Gasteiger partial charge < -0.3 is 0 Å². The van der Waals surface area contributed by atoms with E-state index < -0.39 is 8.07 Å². The van der Waals surface area contributed by atoms with Gasteiger partial charge in [-0.2, -0.15) is 0 Å². The molecule has 0 fully saturated rings. The van der Waals surface area contributed by atoms with Crippen molar-refractivity contribution >= 4 is 8.07 Å². The maximum absolute atomic E-state index is 5.40. The van der Waals surface area contributed by atoms with Gasteiger partial charge in [0.2, 0.25) is 0 Å².